The molecule has 0 radical (unpaired) electrons. The number of ether oxygens (including phenoxy) is 2. The maximum atomic E-state index is 8.47. The van der Waals surface area contributed by atoms with E-state index >= 15 is 0 Å². The van der Waals surface area contributed by atoms with E-state index in [1.54, 1.807) is 7.11 Å². The van der Waals surface area contributed by atoms with Gasteiger partial charge < -0.3 is 20.4 Å². The van der Waals surface area contributed by atoms with Gasteiger partial charge in [0.2, 0.25) is 0 Å². The minimum atomic E-state index is 0.142. The summed E-state index contributed by atoms with van der Waals surface area (Å²) in [6, 6.07) is 0. The van der Waals surface area contributed by atoms with Crippen molar-refractivity contribution in [1.82, 2.24) is 0 Å². The molecule has 0 aliphatic heterocycles. The maximum absolute atomic E-state index is 8.47. The SMILES string of the molecule is COCCCOCC1(CC(N)=NO)CC1. The summed E-state index contributed by atoms with van der Waals surface area (Å²) in [5.74, 6) is 0.299. The fraction of sp³-hybridized carbons (Fsp3) is 0.900. The van der Waals surface area contributed by atoms with Crippen LogP contribution in [0.1, 0.15) is 25.7 Å². The second-order valence-electron chi connectivity index (χ2n) is 4.17. The molecular formula is C10H20N2O3. The van der Waals surface area contributed by atoms with Gasteiger partial charge in [-0.2, -0.15) is 0 Å². The average Bonchev–Trinajstić information content (AvgIpc) is 2.98. The molecule has 5 heteroatoms. The zero-order chi connectivity index (χ0) is 11.1. The number of nitrogens with two attached hydrogens (primary N) is 1. The second kappa shape index (κ2) is 5.92. The molecule has 0 unspecified atom stereocenters. The molecule has 3 N–H and O–H groups in total. The Morgan fingerprint density at radius 3 is 2.73 bits per heavy atom. The van der Waals surface area contributed by atoms with E-state index in [4.69, 9.17) is 20.4 Å². The molecule has 0 saturated heterocycles. The lowest BCUT2D eigenvalue weighted by Crippen LogP contribution is -2.21. The van der Waals surface area contributed by atoms with E-state index in [-0.39, 0.29) is 5.41 Å². The van der Waals surface area contributed by atoms with Gasteiger partial charge in [-0.15, -0.1) is 0 Å². The third kappa shape index (κ3) is 4.48. The molecule has 5 nitrogen and oxygen atoms in total. The van der Waals surface area contributed by atoms with Gasteiger partial charge in [-0.25, -0.2) is 0 Å². The zero-order valence-electron chi connectivity index (χ0n) is 9.24. The number of methoxy groups -OCH3 is 1. The van der Waals surface area contributed by atoms with Crippen LogP contribution < -0.4 is 5.73 Å². The molecule has 1 aliphatic rings. The monoisotopic (exact) mass is 216 g/mol. The number of hydrogen-bond donors (Lipinski definition) is 2. The van der Waals surface area contributed by atoms with Crippen molar-refractivity contribution in [1.29, 1.82) is 0 Å². The molecular weight excluding hydrogens is 196 g/mol. The van der Waals surface area contributed by atoms with Crippen LogP contribution in [0, 0.1) is 5.41 Å². The van der Waals surface area contributed by atoms with Crippen LogP contribution in [-0.4, -0.2) is 38.0 Å². The van der Waals surface area contributed by atoms with E-state index < -0.39 is 0 Å². The van der Waals surface area contributed by atoms with Crippen LogP contribution in [0.25, 0.3) is 0 Å². The normalized spacial score (nSPS) is 19.1. The summed E-state index contributed by atoms with van der Waals surface area (Å²) in [6.45, 7) is 2.14. The Morgan fingerprint density at radius 1 is 1.47 bits per heavy atom. The summed E-state index contributed by atoms with van der Waals surface area (Å²) in [4.78, 5) is 0. The number of amidine groups is 1. The highest BCUT2D eigenvalue weighted by Crippen LogP contribution is 2.48. The van der Waals surface area contributed by atoms with Gasteiger partial charge in [-0.3, -0.25) is 0 Å². The highest BCUT2D eigenvalue weighted by Gasteiger charge is 2.43. The highest BCUT2D eigenvalue weighted by atomic mass is 16.5. The molecule has 1 fully saturated rings. The fourth-order valence-electron chi connectivity index (χ4n) is 1.56. The first-order chi connectivity index (χ1) is 7.22. The topological polar surface area (TPSA) is 77.1 Å². The Morgan fingerprint density at radius 2 is 2.20 bits per heavy atom. The summed E-state index contributed by atoms with van der Waals surface area (Å²) < 4.78 is 10.5. The lowest BCUT2D eigenvalue weighted by Gasteiger charge is -2.14. The van der Waals surface area contributed by atoms with E-state index in [1.807, 2.05) is 0 Å². The molecule has 15 heavy (non-hydrogen) atoms. The Labute approximate surface area is 90.2 Å². The van der Waals surface area contributed by atoms with Gasteiger partial charge in [0.1, 0.15) is 5.84 Å². The smallest absolute Gasteiger partial charge is 0.139 e. The lowest BCUT2D eigenvalue weighted by atomic mass is 10.0. The molecule has 0 bridgehead atoms. The zero-order valence-corrected chi connectivity index (χ0v) is 9.24. The van der Waals surface area contributed by atoms with Crippen molar-refractivity contribution >= 4 is 5.84 Å². The van der Waals surface area contributed by atoms with Crippen molar-refractivity contribution in [2.24, 2.45) is 16.3 Å². The molecule has 0 spiro atoms. The molecule has 0 aromatic heterocycles. The molecule has 0 aromatic rings. The van der Waals surface area contributed by atoms with Crippen LogP contribution in [-0.2, 0) is 9.47 Å². The lowest BCUT2D eigenvalue weighted by molar-refractivity contribution is 0.0730. The number of rotatable bonds is 8. The van der Waals surface area contributed by atoms with Crippen molar-refractivity contribution < 1.29 is 14.7 Å². The summed E-state index contributed by atoms with van der Waals surface area (Å²) in [6.07, 6.45) is 3.75. The molecule has 1 saturated carbocycles. The third-order valence-corrected chi connectivity index (χ3v) is 2.69. The van der Waals surface area contributed by atoms with Crippen LogP contribution in [0.15, 0.2) is 5.16 Å². The second-order valence-corrected chi connectivity index (χ2v) is 4.17. The largest absolute Gasteiger partial charge is 0.409 e. The molecule has 88 valence electrons. The molecule has 1 rings (SSSR count). The van der Waals surface area contributed by atoms with Crippen LogP contribution in [0.4, 0.5) is 0 Å². The minimum absolute atomic E-state index is 0.142. The van der Waals surface area contributed by atoms with Crippen molar-refractivity contribution in [3.05, 3.63) is 0 Å². The summed E-state index contributed by atoms with van der Waals surface area (Å²) in [5, 5.41) is 11.5. The molecule has 0 heterocycles. The average molecular weight is 216 g/mol. The number of hydrogen-bond acceptors (Lipinski definition) is 4. The predicted molar refractivity (Wildman–Crippen MR) is 57.0 cm³/mol. The van der Waals surface area contributed by atoms with E-state index in [1.165, 1.54) is 0 Å². The van der Waals surface area contributed by atoms with Gasteiger partial charge in [0.05, 0.1) is 6.61 Å². The van der Waals surface area contributed by atoms with E-state index in [9.17, 15) is 0 Å². The van der Waals surface area contributed by atoms with Crippen LogP contribution in [0.3, 0.4) is 0 Å². The van der Waals surface area contributed by atoms with Crippen LogP contribution >= 0.6 is 0 Å². The van der Waals surface area contributed by atoms with Crippen molar-refractivity contribution in [3.63, 3.8) is 0 Å². The van der Waals surface area contributed by atoms with E-state index in [0.29, 0.717) is 25.5 Å². The molecule has 0 aromatic carbocycles. The van der Waals surface area contributed by atoms with Crippen molar-refractivity contribution in [2.45, 2.75) is 25.7 Å². The van der Waals surface area contributed by atoms with Gasteiger partial charge >= 0.3 is 0 Å². The quantitative estimate of drug-likeness (QED) is 0.208. The van der Waals surface area contributed by atoms with Gasteiger partial charge in [0.15, 0.2) is 0 Å². The van der Waals surface area contributed by atoms with Crippen molar-refractivity contribution in [3.8, 4) is 0 Å². The fourth-order valence-corrected chi connectivity index (χ4v) is 1.56. The summed E-state index contributed by atoms with van der Waals surface area (Å²) >= 11 is 0. The standard InChI is InChI=1S/C10H20N2O3/c1-14-5-2-6-15-8-10(3-4-10)7-9(11)12-13/h13H,2-8H2,1H3,(H2,11,12). The van der Waals surface area contributed by atoms with Crippen LogP contribution in [0.5, 0.6) is 0 Å². The molecule has 1 aliphatic carbocycles. The molecule has 0 atom stereocenters. The number of nitrogens with zero attached hydrogens (tertiary/aromatic N) is 1. The predicted octanol–water partition coefficient (Wildman–Crippen LogP) is 0.956. The third-order valence-electron chi connectivity index (χ3n) is 2.69. The Balaban J connectivity index is 2.09. The summed E-state index contributed by atoms with van der Waals surface area (Å²) in [7, 11) is 1.68. The van der Waals surface area contributed by atoms with Crippen LogP contribution in [0.2, 0.25) is 0 Å². The Bertz CT molecular complexity index is 215. The van der Waals surface area contributed by atoms with Gasteiger partial charge in [0, 0.05) is 32.2 Å². The minimum Gasteiger partial charge on any atom is -0.409 e. The number of oxime groups is 1. The molecule has 0 amide bonds. The van der Waals surface area contributed by atoms with Gasteiger partial charge in [0.25, 0.3) is 0 Å². The first kappa shape index (κ1) is 12.3. The van der Waals surface area contributed by atoms with Crippen molar-refractivity contribution in [2.75, 3.05) is 26.9 Å². The first-order valence-corrected chi connectivity index (χ1v) is 5.25. The van der Waals surface area contributed by atoms with Gasteiger partial charge in [-0.05, 0) is 19.3 Å². The van der Waals surface area contributed by atoms with E-state index in [0.717, 1.165) is 25.9 Å². The highest BCUT2D eigenvalue weighted by molar-refractivity contribution is 5.80. The first-order valence-electron chi connectivity index (χ1n) is 5.25. The van der Waals surface area contributed by atoms with E-state index in [2.05, 4.69) is 5.16 Å². The maximum Gasteiger partial charge on any atom is 0.139 e. The Kier molecular flexibility index (Phi) is 4.84. The Hall–Kier alpha value is -0.810. The summed E-state index contributed by atoms with van der Waals surface area (Å²) in [5.41, 5.74) is 5.62. The van der Waals surface area contributed by atoms with Gasteiger partial charge in [-0.1, -0.05) is 5.16 Å².